The summed E-state index contributed by atoms with van der Waals surface area (Å²) < 4.78 is 0. The van der Waals surface area contributed by atoms with E-state index in [1.54, 1.807) is 0 Å². The molecule has 0 radical (unpaired) electrons. The van der Waals surface area contributed by atoms with Gasteiger partial charge in [0.2, 0.25) is 0 Å². The Bertz CT molecular complexity index is 44.4. The Labute approximate surface area is 414 Å². The first-order valence-electron chi connectivity index (χ1n) is 21.8. The second-order valence-electron chi connectivity index (χ2n) is 2.09. The van der Waals surface area contributed by atoms with Crippen molar-refractivity contribution in [3.05, 3.63) is 13.2 Å². The lowest BCUT2D eigenvalue weighted by molar-refractivity contribution is 1.24. The van der Waals surface area contributed by atoms with E-state index in [-0.39, 0.29) is 114 Å². The second kappa shape index (κ2) is 5300. The highest BCUT2D eigenvalue weighted by Crippen LogP contribution is 2.01. The summed E-state index contributed by atoms with van der Waals surface area (Å²) in [5, 5.41) is 0. The van der Waals surface area contributed by atoms with Gasteiger partial charge in [-0.25, -0.2) is 0 Å². The van der Waals surface area contributed by atoms with E-state index < -0.39 is 0 Å². The molecule has 0 aliphatic heterocycles. The molecule has 0 aromatic carbocycles. The van der Waals surface area contributed by atoms with E-state index in [9.17, 15) is 0 Å². The zero-order valence-electron chi connectivity index (χ0n) is 43.1. The van der Waals surface area contributed by atoms with E-state index in [1.165, 1.54) is 18.1 Å². The van der Waals surface area contributed by atoms with Crippen LogP contribution >= 0.6 is 0 Å². The van der Waals surface area contributed by atoms with Crippen molar-refractivity contribution in [2.75, 3.05) is 0 Å². The van der Waals surface area contributed by atoms with Gasteiger partial charge in [-0.1, -0.05) is 392 Å². The van der Waals surface area contributed by atoms with Gasteiger partial charge in [-0.2, -0.15) is 0 Å². The molecule has 0 fully saturated rings. The van der Waals surface area contributed by atoms with Crippen molar-refractivity contribution in [3.63, 3.8) is 0 Å². The summed E-state index contributed by atoms with van der Waals surface area (Å²) in [5.41, 5.74) is 0. The quantitative estimate of drug-likeness (QED) is 0.196. The molecule has 0 saturated heterocycles. The Hall–Kier alpha value is -0.0431. The van der Waals surface area contributed by atoms with Crippen LogP contribution in [0.25, 0.3) is 0 Å². The van der Waals surface area contributed by atoms with Crippen molar-refractivity contribution in [2.24, 2.45) is 0 Å². The minimum Gasteiger partial charge on any atom is -0.106 e. The molecule has 0 aromatic rings. The summed E-state index contributed by atoms with van der Waals surface area (Å²) >= 11 is 0. The first kappa shape index (κ1) is 318. The molecule has 0 aliphatic carbocycles. The Kier molecular flexibility index (Phi) is 28600. The van der Waals surface area contributed by atoms with Gasteiger partial charge in [0, 0.05) is 10.2 Å². The van der Waals surface area contributed by atoms with Gasteiger partial charge in [0.15, 0.2) is 0 Å². The van der Waals surface area contributed by atoms with Crippen LogP contribution in [0.1, 0.15) is 375 Å². The molecule has 0 amide bonds. The maximum absolute atomic E-state index is 3.00. The lowest BCUT2D eigenvalue weighted by Gasteiger charge is -2.03. The third kappa shape index (κ3) is 5110. The van der Waals surface area contributed by atoms with Crippen molar-refractivity contribution in [2.45, 2.75) is 392 Å². The zero-order valence-corrected chi connectivity index (χ0v) is 44.3. The Morgan fingerprint density at radius 1 is 0.186 bits per heavy atom. The van der Waals surface area contributed by atoms with Gasteiger partial charge in [0.25, 0.3) is 0 Å². The molecule has 422 valence electrons. The van der Waals surface area contributed by atoms with Crippen LogP contribution in [0.4, 0.5) is 0 Å². The lowest BCUT2D eigenvalue weighted by Crippen LogP contribution is -2.04. The van der Waals surface area contributed by atoms with Gasteiger partial charge in [-0.05, 0) is 0 Å². The Morgan fingerprint density at radius 3 is 0.220 bits per heavy atom. The minimum atomic E-state index is -0.171. The number of rotatable bonds is 3. The predicted molar refractivity (Wildman–Crippen MR) is 350 cm³/mol. The highest BCUT2D eigenvalue weighted by Gasteiger charge is 1.98. The fraction of sp³-hybridized carbons (Fsp3) is 0.966. The first-order valence-corrected chi connectivity index (χ1v) is 24.3. The van der Waals surface area contributed by atoms with Crippen molar-refractivity contribution in [1.29, 1.82) is 0 Å². The van der Waals surface area contributed by atoms with E-state index in [0.29, 0.717) is 0 Å². The normalized spacial score (nSPS) is 3.12. The highest BCUT2D eigenvalue weighted by atomic mass is 28.3. The molecule has 0 nitrogen and oxygen atoms in total. The van der Waals surface area contributed by atoms with Crippen LogP contribution in [-0.4, -0.2) is 8.80 Å². The number of hydrogen-bond donors (Lipinski definition) is 0. The third-order valence-electron chi connectivity index (χ3n) is 1.73. The standard InChI is InChI=1S/C6H16Si.18C2H6.C2H4.14CH4.H2/c1-4-7(5-2)6-3;19*1-2;;;;;;;;;;;;;;;/h7H,4-6H2,1-3H3;18*1-2H3;1-2H2;14*1H4;1H. The molecule has 0 bridgehead atoms. The average molecular weight is 912 g/mol. The molecule has 1 heteroatoms. The molecule has 0 N–H and O–H groups in total. The Morgan fingerprint density at radius 2 is 0.220 bits per heavy atom. The molecular weight excluding hydrogens is 725 g/mol. The summed E-state index contributed by atoms with van der Waals surface area (Å²) in [5.74, 6) is 0. The molecule has 0 aromatic heterocycles. The van der Waals surface area contributed by atoms with Crippen molar-refractivity contribution >= 4 is 8.80 Å². The fourth-order valence-corrected chi connectivity index (χ4v) is 2.60. The SMILES string of the molecule is C.C.C.C.C.C.C.C.C.C.C.C.C.C.C=C.CC.CC.CC.CC.CC.CC.CC.CC.CC.CC.CC.CC.CC.CC.CC.CC.CC.CC.CC[SiH](CC)CC.[HH]. The third-order valence-corrected chi connectivity index (χ3v) is 5.20. The van der Waals surface area contributed by atoms with Crippen LogP contribution in [0.3, 0.4) is 0 Å². The summed E-state index contributed by atoms with van der Waals surface area (Å²) in [6.07, 6.45) is 0. The van der Waals surface area contributed by atoms with Gasteiger partial charge in [-0.3, -0.25) is 0 Å². The van der Waals surface area contributed by atoms with Gasteiger partial charge in [-0.15, -0.1) is 13.2 Å². The molecule has 0 atom stereocenters. The van der Waals surface area contributed by atoms with Gasteiger partial charge >= 0.3 is 0 Å². The minimum absolute atomic E-state index is 0. The van der Waals surface area contributed by atoms with Crippen LogP contribution in [0.5, 0.6) is 0 Å². The average Bonchev–Trinajstić information content (AvgIpc) is 3.26. The summed E-state index contributed by atoms with van der Waals surface area (Å²) in [6, 6.07) is 4.48. The van der Waals surface area contributed by atoms with Crippen LogP contribution in [0.2, 0.25) is 18.1 Å². The van der Waals surface area contributed by atoms with E-state index in [0.717, 1.165) is 0 Å². The smallest absolute Gasteiger partial charge is 0.0359 e. The van der Waals surface area contributed by atoms with Crippen molar-refractivity contribution in [1.82, 2.24) is 0 Å². The topological polar surface area (TPSA) is 0 Å². The molecular formula is C58H186Si. The van der Waals surface area contributed by atoms with Gasteiger partial charge < -0.3 is 0 Å². The van der Waals surface area contributed by atoms with Gasteiger partial charge in [0.05, 0.1) is 0 Å². The monoisotopic (exact) mass is 911 g/mol. The number of hydrogen-bond acceptors (Lipinski definition) is 0. The molecule has 0 heterocycles. The molecule has 0 rings (SSSR count). The molecule has 0 unspecified atom stereocenters. The van der Waals surface area contributed by atoms with E-state index >= 15 is 0 Å². The largest absolute Gasteiger partial charge is 0.106 e. The molecule has 0 spiro atoms. The molecule has 0 saturated carbocycles. The van der Waals surface area contributed by atoms with Crippen molar-refractivity contribution in [3.8, 4) is 0 Å². The molecule has 59 heavy (non-hydrogen) atoms. The zero-order chi connectivity index (χ0) is 43.7. The van der Waals surface area contributed by atoms with E-state index in [2.05, 4.69) is 33.9 Å². The van der Waals surface area contributed by atoms with Crippen LogP contribution < -0.4 is 0 Å². The summed E-state index contributed by atoms with van der Waals surface area (Å²) in [4.78, 5) is 0. The van der Waals surface area contributed by atoms with Crippen LogP contribution in [0, 0.1) is 0 Å². The van der Waals surface area contributed by atoms with Crippen LogP contribution in [0.15, 0.2) is 13.2 Å². The summed E-state index contributed by atoms with van der Waals surface area (Å²) in [7, 11) is -0.171. The fourth-order valence-electron chi connectivity index (χ4n) is 0.866. The predicted octanol–water partition coefficient (Wildman–Crippen LogP) is 30.7. The maximum atomic E-state index is 3.00. The first-order chi connectivity index (χ1) is 22.3. The highest BCUT2D eigenvalue weighted by molar-refractivity contribution is 6.58. The van der Waals surface area contributed by atoms with Crippen molar-refractivity contribution < 1.29 is 1.43 Å². The summed E-state index contributed by atoms with van der Waals surface area (Å²) in [6.45, 7) is 85.0. The molecule has 0 aliphatic rings. The lowest BCUT2D eigenvalue weighted by atomic mass is 10.9. The second-order valence-corrected chi connectivity index (χ2v) is 6.27. The maximum Gasteiger partial charge on any atom is 0.0359 e. The van der Waals surface area contributed by atoms with E-state index in [4.69, 9.17) is 0 Å². The van der Waals surface area contributed by atoms with Gasteiger partial charge in [0.1, 0.15) is 0 Å². The van der Waals surface area contributed by atoms with Crippen LogP contribution in [-0.2, 0) is 0 Å². The van der Waals surface area contributed by atoms with E-state index in [1.807, 2.05) is 249 Å². The Balaban J connectivity index is -0.00000000334.